The molecule has 1 aliphatic rings. The highest BCUT2D eigenvalue weighted by Crippen LogP contribution is 2.38. The quantitative estimate of drug-likeness (QED) is 0.782. The summed E-state index contributed by atoms with van der Waals surface area (Å²) < 4.78 is 0. The second kappa shape index (κ2) is 6.85. The van der Waals surface area contributed by atoms with Gasteiger partial charge in [0.25, 0.3) is 0 Å². The lowest BCUT2D eigenvalue weighted by atomic mass is 9.90. The first-order chi connectivity index (χ1) is 9.18. The topological polar surface area (TPSA) is 24.9 Å². The minimum Gasteiger partial charge on any atom is -0.305 e. The molecule has 0 unspecified atom stereocenters. The van der Waals surface area contributed by atoms with Crippen molar-refractivity contribution < 1.29 is 0 Å². The Morgan fingerprint density at radius 1 is 1.26 bits per heavy atom. The fourth-order valence-electron chi connectivity index (χ4n) is 2.93. The van der Waals surface area contributed by atoms with Crippen molar-refractivity contribution in [3.8, 4) is 0 Å². The Hall–Kier alpha value is -0.410. The van der Waals surface area contributed by atoms with Crippen molar-refractivity contribution in [1.29, 1.82) is 0 Å². The molecule has 0 amide bonds. The first kappa shape index (κ1) is 15.0. The summed E-state index contributed by atoms with van der Waals surface area (Å²) in [7, 11) is 0. The van der Waals surface area contributed by atoms with Crippen LogP contribution in [0.4, 0.5) is 0 Å². The fraction of sp³-hybridized carbons (Fsp3) is 0.812. The zero-order chi connectivity index (χ0) is 13.7. The van der Waals surface area contributed by atoms with E-state index >= 15 is 0 Å². The molecule has 0 aromatic carbocycles. The van der Waals surface area contributed by atoms with Crippen molar-refractivity contribution >= 4 is 11.3 Å². The molecule has 3 heteroatoms. The maximum Gasteiger partial charge on any atom is 0.113 e. The van der Waals surface area contributed by atoms with Crippen LogP contribution in [0.2, 0.25) is 0 Å². The van der Waals surface area contributed by atoms with Gasteiger partial charge in [0.1, 0.15) is 5.01 Å². The maximum atomic E-state index is 4.96. The summed E-state index contributed by atoms with van der Waals surface area (Å²) in [5.74, 6) is 0.541. The highest BCUT2D eigenvalue weighted by Gasteiger charge is 2.35. The van der Waals surface area contributed by atoms with Gasteiger partial charge in [-0.1, -0.05) is 46.5 Å². The van der Waals surface area contributed by atoms with E-state index in [-0.39, 0.29) is 5.54 Å². The molecule has 1 aromatic rings. The number of thiazole rings is 1. The minimum absolute atomic E-state index is 0.171. The van der Waals surface area contributed by atoms with Crippen molar-refractivity contribution in [2.75, 3.05) is 6.54 Å². The molecule has 1 saturated carbocycles. The van der Waals surface area contributed by atoms with Crippen LogP contribution in [0.3, 0.4) is 0 Å². The molecule has 0 saturated heterocycles. The van der Waals surface area contributed by atoms with Gasteiger partial charge in [-0.2, -0.15) is 0 Å². The van der Waals surface area contributed by atoms with Crippen LogP contribution in [0.1, 0.15) is 82.3 Å². The third-order valence-corrected chi connectivity index (χ3v) is 5.26. The van der Waals surface area contributed by atoms with E-state index in [1.165, 1.54) is 55.6 Å². The molecular formula is C16H28N2S. The number of nitrogens with zero attached hydrogens (tertiary/aromatic N) is 1. The van der Waals surface area contributed by atoms with Crippen LogP contribution in [0.15, 0.2) is 5.38 Å². The van der Waals surface area contributed by atoms with Crippen LogP contribution in [0.5, 0.6) is 0 Å². The summed E-state index contributed by atoms with van der Waals surface area (Å²) in [4.78, 5) is 4.96. The monoisotopic (exact) mass is 280 g/mol. The predicted molar refractivity (Wildman–Crippen MR) is 83.9 cm³/mol. The Kier molecular flexibility index (Phi) is 5.40. The van der Waals surface area contributed by atoms with Crippen LogP contribution in [0.25, 0.3) is 0 Å². The largest absolute Gasteiger partial charge is 0.305 e. The van der Waals surface area contributed by atoms with Gasteiger partial charge < -0.3 is 5.32 Å². The summed E-state index contributed by atoms with van der Waals surface area (Å²) >= 11 is 1.87. The van der Waals surface area contributed by atoms with Crippen molar-refractivity contribution in [2.24, 2.45) is 0 Å². The van der Waals surface area contributed by atoms with E-state index in [1.807, 2.05) is 11.3 Å². The van der Waals surface area contributed by atoms with Gasteiger partial charge in [0.05, 0.1) is 11.2 Å². The third-order valence-electron chi connectivity index (χ3n) is 4.19. The van der Waals surface area contributed by atoms with Crippen molar-refractivity contribution in [3.05, 3.63) is 16.1 Å². The van der Waals surface area contributed by atoms with Gasteiger partial charge in [0.15, 0.2) is 0 Å². The average Bonchev–Trinajstić information content (AvgIpc) is 2.78. The Balaban J connectivity index is 2.23. The zero-order valence-corrected chi connectivity index (χ0v) is 13.5. The summed E-state index contributed by atoms with van der Waals surface area (Å²) in [6.07, 6.45) is 9.18. The van der Waals surface area contributed by atoms with Gasteiger partial charge in [-0.15, -0.1) is 11.3 Å². The lowest BCUT2D eigenvalue weighted by molar-refractivity contribution is 0.289. The van der Waals surface area contributed by atoms with E-state index < -0.39 is 0 Å². The van der Waals surface area contributed by atoms with Crippen molar-refractivity contribution in [3.63, 3.8) is 0 Å². The Morgan fingerprint density at radius 2 is 1.95 bits per heavy atom. The molecule has 1 N–H and O–H groups in total. The van der Waals surface area contributed by atoms with Crippen molar-refractivity contribution in [2.45, 2.75) is 77.2 Å². The zero-order valence-electron chi connectivity index (χ0n) is 12.7. The number of rotatable bonds is 5. The molecule has 0 spiro atoms. The first-order valence-corrected chi connectivity index (χ1v) is 8.77. The average molecular weight is 280 g/mol. The third kappa shape index (κ3) is 3.57. The summed E-state index contributed by atoms with van der Waals surface area (Å²) in [6.45, 7) is 7.82. The van der Waals surface area contributed by atoms with Crippen LogP contribution in [-0.4, -0.2) is 11.5 Å². The van der Waals surface area contributed by atoms with Gasteiger partial charge >= 0.3 is 0 Å². The minimum atomic E-state index is 0.171. The molecule has 1 aromatic heterocycles. The number of hydrogen-bond acceptors (Lipinski definition) is 3. The smallest absolute Gasteiger partial charge is 0.113 e. The van der Waals surface area contributed by atoms with Crippen LogP contribution < -0.4 is 5.32 Å². The molecule has 0 bridgehead atoms. The molecular weight excluding hydrogens is 252 g/mol. The molecule has 0 aliphatic heterocycles. The number of aromatic nitrogens is 1. The molecule has 0 radical (unpaired) electrons. The Labute approximate surface area is 122 Å². The molecule has 1 heterocycles. The van der Waals surface area contributed by atoms with Gasteiger partial charge in [-0.25, -0.2) is 4.98 Å². The molecule has 108 valence electrons. The Bertz CT molecular complexity index is 376. The number of hydrogen-bond donors (Lipinski definition) is 1. The van der Waals surface area contributed by atoms with E-state index in [2.05, 4.69) is 31.5 Å². The van der Waals surface area contributed by atoms with Crippen LogP contribution in [0, 0.1) is 0 Å². The Morgan fingerprint density at radius 3 is 2.47 bits per heavy atom. The molecule has 1 aliphatic carbocycles. The standard InChI is InChI=1S/C16H28N2S/c1-4-11-17-16(9-7-5-6-8-10-16)15-18-14(12-19-15)13(2)3/h12-13,17H,4-11H2,1-3H3. The summed E-state index contributed by atoms with van der Waals surface area (Å²) in [5.41, 5.74) is 1.44. The molecule has 0 atom stereocenters. The molecule has 2 rings (SSSR count). The van der Waals surface area contributed by atoms with E-state index in [4.69, 9.17) is 4.98 Å². The first-order valence-electron chi connectivity index (χ1n) is 7.89. The number of nitrogens with one attached hydrogen (secondary N) is 1. The highest BCUT2D eigenvalue weighted by atomic mass is 32.1. The fourth-order valence-corrected chi connectivity index (χ4v) is 4.15. The van der Waals surface area contributed by atoms with E-state index in [9.17, 15) is 0 Å². The molecule has 1 fully saturated rings. The molecule has 2 nitrogen and oxygen atoms in total. The maximum absolute atomic E-state index is 4.96. The lowest BCUT2D eigenvalue weighted by Gasteiger charge is -2.32. The summed E-state index contributed by atoms with van der Waals surface area (Å²) in [6, 6.07) is 0. The van der Waals surface area contributed by atoms with E-state index in [0.29, 0.717) is 5.92 Å². The predicted octanol–water partition coefficient (Wildman–Crippen LogP) is 4.82. The van der Waals surface area contributed by atoms with Gasteiger partial charge in [-0.05, 0) is 31.7 Å². The lowest BCUT2D eigenvalue weighted by Crippen LogP contribution is -2.42. The van der Waals surface area contributed by atoms with Gasteiger partial charge in [0, 0.05) is 5.38 Å². The van der Waals surface area contributed by atoms with Crippen LogP contribution in [-0.2, 0) is 5.54 Å². The normalized spacial score (nSPS) is 19.6. The second-order valence-corrected chi connectivity index (χ2v) is 7.01. The van der Waals surface area contributed by atoms with Crippen LogP contribution >= 0.6 is 11.3 Å². The van der Waals surface area contributed by atoms with Gasteiger partial charge in [-0.3, -0.25) is 0 Å². The highest BCUT2D eigenvalue weighted by molar-refractivity contribution is 7.09. The summed E-state index contributed by atoms with van der Waals surface area (Å²) in [5, 5.41) is 7.44. The second-order valence-electron chi connectivity index (χ2n) is 6.16. The van der Waals surface area contributed by atoms with Crippen molar-refractivity contribution in [1.82, 2.24) is 10.3 Å². The van der Waals surface area contributed by atoms with Gasteiger partial charge in [0.2, 0.25) is 0 Å². The molecule has 19 heavy (non-hydrogen) atoms. The van der Waals surface area contributed by atoms with E-state index in [0.717, 1.165) is 6.54 Å². The van der Waals surface area contributed by atoms with E-state index in [1.54, 1.807) is 0 Å². The SMILES string of the molecule is CCCNC1(c2nc(C(C)C)cs2)CCCCCC1.